The van der Waals surface area contributed by atoms with Crippen LogP contribution < -0.4 is 0 Å². The molecule has 0 spiro atoms. The summed E-state index contributed by atoms with van der Waals surface area (Å²) in [6.45, 7) is 1.68. The van der Waals surface area contributed by atoms with Crippen LogP contribution in [0.2, 0.25) is 0 Å². The minimum Gasteiger partial charge on any atom is -0.464 e. The zero-order valence-electron chi connectivity index (χ0n) is 11.9. The molecule has 0 saturated heterocycles. The standard InChI is InChI=1S/C14H13NO5S2/c1-3-20-14(17)10-11(16)12-13(22(18,19)15(10)2)8-6-4-5-7-9(8)21-12/h4-7,10H,3H2,1-2H3. The van der Waals surface area contributed by atoms with Crippen molar-refractivity contribution < 1.29 is 22.7 Å². The smallest absolute Gasteiger partial charge is 0.332 e. The van der Waals surface area contributed by atoms with Crippen molar-refractivity contribution in [2.24, 2.45) is 0 Å². The van der Waals surface area contributed by atoms with E-state index in [9.17, 15) is 18.0 Å². The van der Waals surface area contributed by atoms with E-state index in [0.717, 1.165) is 15.6 Å². The Balaban J connectivity index is 2.27. The number of esters is 1. The maximum absolute atomic E-state index is 12.7. The number of likely N-dealkylation sites (N-methyl/N-ethyl adjacent to an activating group) is 1. The molecule has 6 nitrogen and oxygen atoms in total. The number of thiophene rings is 1. The summed E-state index contributed by atoms with van der Waals surface area (Å²) in [5.74, 6) is -1.38. The van der Waals surface area contributed by atoms with E-state index < -0.39 is 27.8 Å². The summed E-state index contributed by atoms with van der Waals surface area (Å²) in [6.07, 6.45) is 0. The van der Waals surface area contributed by atoms with Crippen LogP contribution in [0.1, 0.15) is 16.6 Å². The Morgan fingerprint density at radius 3 is 2.73 bits per heavy atom. The van der Waals surface area contributed by atoms with Gasteiger partial charge in [0.25, 0.3) is 0 Å². The Labute approximate surface area is 131 Å². The van der Waals surface area contributed by atoms with Crippen LogP contribution in [0.25, 0.3) is 10.1 Å². The molecule has 0 fully saturated rings. The first-order valence-electron chi connectivity index (χ1n) is 6.60. The van der Waals surface area contributed by atoms with Gasteiger partial charge in [-0.3, -0.25) is 4.79 Å². The largest absolute Gasteiger partial charge is 0.464 e. The van der Waals surface area contributed by atoms with Crippen LogP contribution in [0.15, 0.2) is 29.2 Å². The lowest BCUT2D eigenvalue weighted by Crippen LogP contribution is -2.51. The van der Waals surface area contributed by atoms with Crippen LogP contribution in [0.5, 0.6) is 0 Å². The summed E-state index contributed by atoms with van der Waals surface area (Å²) in [4.78, 5) is 24.7. The van der Waals surface area contributed by atoms with Gasteiger partial charge in [0.1, 0.15) is 4.90 Å². The number of hydrogen-bond acceptors (Lipinski definition) is 6. The van der Waals surface area contributed by atoms with Crippen LogP contribution in [-0.4, -0.2) is 44.2 Å². The predicted octanol–water partition coefficient (Wildman–Crippen LogP) is 1.65. The fourth-order valence-electron chi connectivity index (χ4n) is 2.49. The van der Waals surface area contributed by atoms with Crippen LogP contribution in [0.4, 0.5) is 0 Å². The Morgan fingerprint density at radius 2 is 2.05 bits per heavy atom. The van der Waals surface area contributed by atoms with Crippen molar-refractivity contribution in [2.75, 3.05) is 13.7 Å². The number of rotatable bonds is 2. The summed E-state index contributed by atoms with van der Waals surface area (Å²) in [5.41, 5.74) is 0. The molecule has 0 radical (unpaired) electrons. The van der Waals surface area contributed by atoms with Gasteiger partial charge in [-0.05, 0) is 13.0 Å². The average molecular weight is 339 g/mol. The van der Waals surface area contributed by atoms with Gasteiger partial charge >= 0.3 is 5.97 Å². The molecule has 1 unspecified atom stereocenters. The summed E-state index contributed by atoms with van der Waals surface area (Å²) in [5, 5.41) is 0.505. The van der Waals surface area contributed by atoms with Crippen molar-refractivity contribution in [1.29, 1.82) is 0 Å². The molecule has 1 aliphatic rings. The van der Waals surface area contributed by atoms with Crippen LogP contribution in [-0.2, 0) is 19.6 Å². The quantitative estimate of drug-likeness (QED) is 0.614. The number of benzene rings is 1. The molecule has 1 aliphatic heterocycles. The Morgan fingerprint density at radius 1 is 1.36 bits per heavy atom. The normalized spacial score (nSPS) is 20.8. The molecule has 0 amide bonds. The van der Waals surface area contributed by atoms with E-state index >= 15 is 0 Å². The first-order chi connectivity index (χ1) is 10.4. The molecule has 0 bridgehead atoms. The third-order valence-electron chi connectivity index (χ3n) is 3.53. The number of ketones is 1. The summed E-state index contributed by atoms with van der Waals surface area (Å²) in [6, 6.07) is 5.44. The maximum atomic E-state index is 12.7. The van der Waals surface area contributed by atoms with Crippen molar-refractivity contribution in [2.45, 2.75) is 17.9 Å². The van der Waals surface area contributed by atoms with Crippen molar-refractivity contribution in [3.63, 3.8) is 0 Å². The third kappa shape index (κ3) is 1.98. The van der Waals surface area contributed by atoms with Crippen molar-refractivity contribution in [1.82, 2.24) is 4.31 Å². The fraction of sp³-hybridized carbons (Fsp3) is 0.286. The highest BCUT2D eigenvalue weighted by atomic mass is 32.2. The molecule has 116 valence electrons. The molecule has 2 heterocycles. The lowest BCUT2D eigenvalue weighted by Gasteiger charge is -2.28. The molecule has 1 aromatic heterocycles. The monoisotopic (exact) mass is 339 g/mol. The van der Waals surface area contributed by atoms with E-state index in [4.69, 9.17) is 4.74 Å². The van der Waals surface area contributed by atoms with Gasteiger partial charge < -0.3 is 4.74 Å². The molecule has 22 heavy (non-hydrogen) atoms. The van der Waals surface area contributed by atoms with Crippen molar-refractivity contribution >= 4 is 43.2 Å². The van der Waals surface area contributed by atoms with E-state index in [2.05, 4.69) is 0 Å². The van der Waals surface area contributed by atoms with Gasteiger partial charge in [-0.1, -0.05) is 18.2 Å². The molecule has 8 heteroatoms. The number of carbonyl (C=O) groups excluding carboxylic acids is 2. The van der Waals surface area contributed by atoms with Crippen molar-refractivity contribution in [3.05, 3.63) is 29.1 Å². The predicted molar refractivity (Wildman–Crippen MR) is 81.5 cm³/mol. The molecule has 1 aromatic carbocycles. The molecule has 0 aliphatic carbocycles. The van der Waals surface area contributed by atoms with E-state index in [0.29, 0.717) is 10.1 Å². The Kier molecular flexibility index (Phi) is 3.54. The SMILES string of the molecule is CCOC(=O)C1C(=O)c2sc3ccccc3c2S(=O)(=O)N1C. The van der Waals surface area contributed by atoms with Gasteiger partial charge in [0.2, 0.25) is 15.8 Å². The summed E-state index contributed by atoms with van der Waals surface area (Å²) >= 11 is 1.09. The highest BCUT2D eigenvalue weighted by Gasteiger charge is 2.48. The molecular formula is C14H13NO5S2. The first kappa shape index (κ1) is 15.1. The minimum absolute atomic E-state index is 0.0128. The van der Waals surface area contributed by atoms with Gasteiger partial charge in [-0.15, -0.1) is 11.3 Å². The number of ether oxygens (including phenoxy) is 1. The second kappa shape index (κ2) is 5.15. The Bertz CT molecular complexity index is 884. The molecule has 0 saturated carbocycles. The second-order valence-corrected chi connectivity index (χ2v) is 7.78. The maximum Gasteiger partial charge on any atom is 0.332 e. The van der Waals surface area contributed by atoms with Crippen LogP contribution >= 0.6 is 11.3 Å². The highest BCUT2D eigenvalue weighted by Crippen LogP contribution is 2.40. The van der Waals surface area contributed by atoms with Crippen LogP contribution in [0, 0.1) is 0 Å². The van der Waals surface area contributed by atoms with Crippen LogP contribution in [0.3, 0.4) is 0 Å². The van der Waals surface area contributed by atoms with Gasteiger partial charge in [-0.2, -0.15) is 4.31 Å². The number of Topliss-reactive ketones (excluding diaryl/α,β-unsaturated/α-hetero) is 1. The van der Waals surface area contributed by atoms with Gasteiger partial charge in [0.15, 0.2) is 6.04 Å². The van der Waals surface area contributed by atoms with E-state index in [-0.39, 0.29) is 16.4 Å². The lowest BCUT2D eigenvalue weighted by atomic mass is 10.1. The summed E-state index contributed by atoms with van der Waals surface area (Å²) < 4.78 is 31.8. The highest BCUT2D eigenvalue weighted by molar-refractivity contribution is 7.89. The second-order valence-electron chi connectivity index (χ2n) is 4.80. The zero-order valence-corrected chi connectivity index (χ0v) is 13.5. The number of carbonyl (C=O) groups is 2. The molecule has 1 atom stereocenters. The minimum atomic E-state index is -3.93. The number of sulfonamides is 1. The lowest BCUT2D eigenvalue weighted by molar-refractivity contribution is -0.145. The summed E-state index contributed by atoms with van der Waals surface area (Å²) in [7, 11) is -2.70. The molecule has 0 N–H and O–H groups in total. The Hall–Kier alpha value is -1.77. The van der Waals surface area contributed by atoms with Crippen molar-refractivity contribution in [3.8, 4) is 0 Å². The number of fused-ring (bicyclic) bond motifs is 3. The average Bonchev–Trinajstić information content (AvgIpc) is 2.86. The number of hydrogen-bond donors (Lipinski definition) is 0. The molecule has 2 aromatic rings. The fourth-order valence-corrected chi connectivity index (χ4v) is 5.59. The van der Waals surface area contributed by atoms with E-state index in [1.807, 2.05) is 0 Å². The van der Waals surface area contributed by atoms with E-state index in [1.165, 1.54) is 7.05 Å². The molecular weight excluding hydrogens is 326 g/mol. The zero-order chi connectivity index (χ0) is 16.1. The van der Waals surface area contributed by atoms with E-state index in [1.54, 1.807) is 31.2 Å². The third-order valence-corrected chi connectivity index (χ3v) is 6.76. The number of nitrogens with zero attached hydrogens (tertiary/aromatic N) is 1. The first-order valence-corrected chi connectivity index (χ1v) is 8.85. The van der Waals surface area contributed by atoms with Gasteiger partial charge in [0.05, 0.1) is 11.5 Å². The molecule has 3 rings (SSSR count). The van der Waals surface area contributed by atoms with Gasteiger partial charge in [-0.25, -0.2) is 13.2 Å². The topological polar surface area (TPSA) is 80.8 Å². The van der Waals surface area contributed by atoms with Gasteiger partial charge in [0, 0.05) is 17.1 Å².